The van der Waals surface area contributed by atoms with E-state index in [9.17, 15) is 13.2 Å². The van der Waals surface area contributed by atoms with E-state index in [1.807, 2.05) is 41.2 Å². The number of carbonyl (C=O) groups is 1. The van der Waals surface area contributed by atoms with Gasteiger partial charge in [0.15, 0.2) is 9.84 Å². The van der Waals surface area contributed by atoms with Crippen molar-refractivity contribution in [2.45, 2.75) is 30.8 Å². The van der Waals surface area contributed by atoms with Crippen LogP contribution in [0.25, 0.3) is 0 Å². The van der Waals surface area contributed by atoms with Crippen molar-refractivity contribution in [1.82, 2.24) is 15.1 Å². The van der Waals surface area contributed by atoms with Crippen LogP contribution in [0.4, 0.5) is 0 Å². The lowest BCUT2D eigenvalue weighted by atomic mass is 10.1. The zero-order chi connectivity index (χ0) is 21.4. The normalized spacial score (nSPS) is 11.2. The third-order valence-electron chi connectivity index (χ3n) is 4.55. The number of benzene rings is 2. The first-order chi connectivity index (χ1) is 14.4. The molecule has 158 valence electrons. The fraction of sp³-hybridized carbons (Fsp3) is 0.273. The molecule has 1 N–H and O–H groups in total. The molecule has 2 aromatic carbocycles. The maximum Gasteiger partial charge on any atom is 0.220 e. The second kappa shape index (κ2) is 10.1. The zero-order valence-corrected chi connectivity index (χ0v) is 17.6. The van der Waals surface area contributed by atoms with Crippen LogP contribution in [0.15, 0.2) is 71.9 Å². The van der Waals surface area contributed by atoms with E-state index in [0.717, 1.165) is 17.4 Å². The number of hydrogen-bond acceptors (Lipinski definition) is 5. The van der Waals surface area contributed by atoms with Crippen molar-refractivity contribution >= 4 is 15.7 Å². The Labute approximate surface area is 176 Å². The van der Waals surface area contributed by atoms with Crippen LogP contribution in [-0.2, 0) is 27.7 Å². The topological polar surface area (TPSA) is 90.3 Å². The number of hydrogen-bond donors (Lipinski definition) is 1. The summed E-state index contributed by atoms with van der Waals surface area (Å²) >= 11 is 0. The molecule has 0 fully saturated rings. The highest BCUT2D eigenvalue weighted by Crippen LogP contribution is 2.16. The molecule has 7 nitrogen and oxygen atoms in total. The van der Waals surface area contributed by atoms with Crippen LogP contribution >= 0.6 is 0 Å². The van der Waals surface area contributed by atoms with Gasteiger partial charge in [0, 0.05) is 31.6 Å². The quantitative estimate of drug-likeness (QED) is 0.503. The highest BCUT2D eigenvalue weighted by molar-refractivity contribution is 7.90. The lowest BCUT2D eigenvalue weighted by Crippen LogP contribution is -2.23. The molecular formula is C22H25N3O4S. The number of ether oxygens (including phenoxy) is 1. The van der Waals surface area contributed by atoms with E-state index in [0.29, 0.717) is 38.3 Å². The number of carbonyl (C=O) groups excluding carboxylic acids is 1. The predicted molar refractivity (Wildman–Crippen MR) is 114 cm³/mol. The lowest BCUT2D eigenvalue weighted by Gasteiger charge is -2.11. The minimum absolute atomic E-state index is 0.0417. The number of nitrogens with one attached hydrogen (secondary N) is 1. The minimum Gasteiger partial charge on any atom is -0.494 e. The van der Waals surface area contributed by atoms with Crippen LogP contribution < -0.4 is 10.1 Å². The molecule has 0 spiro atoms. The highest BCUT2D eigenvalue weighted by atomic mass is 32.2. The van der Waals surface area contributed by atoms with Crippen molar-refractivity contribution in [3.05, 3.63) is 78.1 Å². The van der Waals surface area contributed by atoms with Gasteiger partial charge in [-0.1, -0.05) is 24.3 Å². The van der Waals surface area contributed by atoms with E-state index >= 15 is 0 Å². The van der Waals surface area contributed by atoms with Crippen LogP contribution in [0, 0.1) is 0 Å². The molecule has 1 heterocycles. The van der Waals surface area contributed by atoms with Gasteiger partial charge < -0.3 is 10.1 Å². The molecule has 1 aromatic heterocycles. The van der Waals surface area contributed by atoms with E-state index < -0.39 is 9.84 Å². The van der Waals surface area contributed by atoms with Crippen molar-refractivity contribution in [1.29, 1.82) is 0 Å². The number of amides is 1. The predicted octanol–water partition coefficient (Wildman–Crippen LogP) is 2.81. The Morgan fingerprint density at radius 3 is 2.47 bits per heavy atom. The third kappa shape index (κ3) is 6.45. The molecule has 1 amide bonds. The van der Waals surface area contributed by atoms with Gasteiger partial charge in [0.2, 0.25) is 5.91 Å². The fourth-order valence-corrected chi connectivity index (χ4v) is 3.57. The molecular weight excluding hydrogens is 402 g/mol. The van der Waals surface area contributed by atoms with E-state index in [1.165, 1.54) is 12.1 Å². The van der Waals surface area contributed by atoms with Gasteiger partial charge >= 0.3 is 0 Å². The van der Waals surface area contributed by atoms with Crippen LogP contribution in [0.3, 0.4) is 0 Å². The molecule has 0 unspecified atom stereocenters. The summed E-state index contributed by atoms with van der Waals surface area (Å²) < 4.78 is 30.3. The van der Waals surface area contributed by atoms with Crippen molar-refractivity contribution in [2.75, 3.05) is 12.9 Å². The summed E-state index contributed by atoms with van der Waals surface area (Å²) in [6, 6.07) is 16.1. The van der Waals surface area contributed by atoms with Crippen LogP contribution in [0.5, 0.6) is 5.75 Å². The third-order valence-corrected chi connectivity index (χ3v) is 5.68. The lowest BCUT2D eigenvalue weighted by molar-refractivity contribution is -0.121. The zero-order valence-electron chi connectivity index (χ0n) is 16.8. The summed E-state index contributed by atoms with van der Waals surface area (Å²) in [5.74, 6) is 0.537. The summed E-state index contributed by atoms with van der Waals surface area (Å²) in [5.41, 5.74) is 2.17. The van der Waals surface area contributed by atoms with Crippen LogP contribution in [0.1, 0.15) is 24.0 Å². The Morgan fingerprint density at radius 2 is 1.80 bits per heavy atom. The second-order valence-corrected chi connectivity index (χ2v) is 8.96. The number of aromatic nitrogens is 2. The first kappa shape index (κ1) is 21.6. The van der Waals surface area contributed by atoms with E-state index in [4.69, 9.17) is 4.74 Å². The largest absolute Gasteiger partial charge is 0.494 e. The first-order valence-corrected chi connectivity index (χ1v) is 11.5. The Balaban J connectivity index is 1.40. The Bertz CT molecular complexity index is 1060. The molecule has 0 atom stereocenters. The first-order valence-electron chi connectivity index (χ1n) is 9.65. The van der Waals surface area contributed by atoms with Gasteiger partial charge in [-0.3, -0.25) is 9.48 Å². The average Bonchev–Trinajstić information content (AvgIpc) is 3.23. The SMILES string of the molecule is CS(=O)(=O)c1ccc(OCCCC(=O)NCc2ccccc2Cn2cccn2)cc1. The monoisotopic (exact) mass is 427 g/mol. The molecule has 0 aliphatic rings. The number of sulfone groups is 1. The van der Waals surface area contributed by atoms with Gasteiger partial charge in [-0.05, 0) is 47.9 Å². The van der Waals surface area contributed by atoms with Crippen LogP contribution in [0.2, 0.25) is 0 Å². The molecule has 0 radical (unpaired) electrons. The van der Waals surface area contributed by atoms with Crippen molar-refractivity contribution < 1.29 is 17.9 Å². The van der Waals surface area contributed by atoms with E-state index in [1.54, 1.807) is 18.3 Å². The van der Waals surface area contributed by atoms with Gasteiger partial charge in [0.05, 0.1) is 18.0 Å². The molecule has 0 bridgehead atoms. The molecule has 8 heteroatoms. The van der Waals surface area contributed by atoms with Crippen LogP contribution in [-0.4, -0.2) is 37.0 Å². The Hall–Kier alpha value is -3.13. The van der Waals surface area contributed by atoms with Gasteiger partial charge in [0.25, 0.3) is 0 Å². The van der Waals surface area contributed by atoms with E-state index in [2.05, 4.69) is 10.4 Å². The standard InChI is InChI=1S/C22H25N3O4S/c1-30(27,28)21-11-9-20(10-12-21)29-15-4-8-22(26)23-16-18-6-2-3-7-19(18)17-25-14-5-13-24-25/h2-3,5-7,9-14H,4,8,15-17H2,1H3,(H,23,26). The fourth-order valence-electron chi connectivity index (χ4n) is 2.94. The molecule has 0 aliphatic carbocycles. The van der Waals surface area contributed by atoms with E-state index in [-0.39, 0.29) is 10.8 Å². The molecule has 0 saturated carbocycles. The van der Waals surface area contributed by atoms with Crippen molar-refractivity contribution in [3.8, 4) is 5.75 Å². The summed E-state index contributed by atoms with van der Waals surface area (Å²) in [7, 11) is -3.22. The molecule has 30 heavy (non-hydrogen) atoms. The minimum atomic E-state index is -3.22. The summed E-state index contributed by atoms with van der Waals surface area (Å²) in [4.78, 5) is 12.4. The average molecular weight is 428 g/mol. The summed E-state index contributed by atoms with van der Waals surface area (Å²) in [6.07, 6.45) is 5.73. The molecule has 3 aromatic rings. The molecule has 3 rings (SSSR count). The summed E-state index contributed by atoms with van der Waals surface area (Å²) in [6.45, 7) is 1.50. The molecule has 0 saturated heterocycles. The Morgan fingerprint density at radius 1 is 1.07 bits per heavy atom. The molecule has 0 aliphatic heterocycles. The second-order valence-electron chi connectivity index (χ2n) is 6.94. The summed E-state index contributed by atoms with van der Waals surface area (Å²) in [5, 5.41) is 7.18. The maximum atomic E-state index is 12.2. The van der Waals surface area contributed by atoms with Gasteiger partial charge in [0.1, 0.15) is 5.75 Å². The number of nitrogens with zero attached hydrogens (tertiary/aromatic N) is 2. The van der Waals surface area contributed by atoms with Crippen molar-refractivity contribution in [3.63, 3.8) is 0 Å². The van der Waals surface area contributed by atoms with Gasteiger partial charge in [-0.15, -0.1) is 0 Å². The van der Waals surface area contributed by atoms with Gasteiger partial charge in [-0.2, -0.15) is 5.10 Å². The van der Waals surface area contributed by atoms with Crippen molar-refractivity contribution in [2.24, 2.45) is 0 Å². The maximum absolute atomic E-state index is 12.2. The number of rotatable bonds is 10. The highest BCUT2D eigenvalue weighted by Gasteiger charge is 2.08. The Kier molecular flexibility index (Phi) is 7.24. The smallest absolute Gasteiger partial charge is 0.220 e. The van der Waals surface area contributed by atoms with Gasteiger partial charge in [-0.25, -0.2) is 8.42 Å².